The molecule has 0 aliphatic heterocycles. The number of benzene rings is 12. The molecule has 0 spiro atoms. The highest BCUT2D eigenvalue weighted by atomic mass is 16.3. The zero-order chi connectivity index (χ0) is 57.4. The minimum atomic E-state index is 0.573. The number of nitrogens with zero attached hydrogens (tertiary/aromatic N) is 5. The fourth-order valence-corrected chi connectivity index (χ4v) is 13.3. The Morgan fingerprint density at radius 2 is 0.782 bits per heavy atom. The van der Waals surface area contributed by atoms with Crippen LogP contribution in [0, 0.1) is 0 Å². The van der Waals surface area contributed by atoms with Crippen molar-refractivity contribution in [1.29, 1.82) is 0 Å². The minimum absolute atomic E-state index is 0.573. The molecule has 87 heavy (non-hydrogen) atoms. The molecule has 0 saturated carbocycles. The molecule has 0 amide bonds. The van der Waals surface area contributed by atoms with E-state index in [1.165, 1.54) is 5.39 Å². The van der Waals surface area contributed by atoms with Crippen molar-refractivity contribution < 1.29 is 4.42 Å². The maximum absolute atomic E-state index is 7.48. The fraction of sp³-hybridized carbons (Fsp3) is 0.0247. The van der Waals surface area contributed by atoms with Gasteiger partial charge in [0.2, 0.25) is 0 Å². The summed E-state index contributed by atoms with van der Waals surface area (Å²) >= 11 is 0. The van der Waals surface area contributed by atoms with Crippen LogP contribution in [0.1, 0.15) is 18.4 Å². The van der Waals surface area contributed by atoms with E-state index < -0.39 is 0 Å². The maximum Gasteiger partial charge on any atom is 0.164 e. The molecule has 0 N–H and O–H groups in total. The van der Waals surface area contributed by atoms with Gasteiger partial charge in [0.05, 0.1) is 33.1 Å². The van der Waals surface area contributed by atoms with Gasteiger partial charge in [-0.2, -0.15) is 0 Å². The Kier molecular flexibility index (Phi) is 11.9. The first-order chi connectivity index (χ1) is 43.1. The molecule has 4 aromatic heterocycles. The van der Waals surface area contributed by atoms with Gasteiger partial charge in [0, 0.05) is 60.4 Å². The summed E-state index contributed by atoms with van der Waals surface area (Å²) in [5.74, 6) is 1.74. The van der Waals surface area contributed by atoms with Gasteiger partial charge in [-0.05, 0) is 130 Å². The second-order valence-electron chi connectivity index (χ2n) is 22.5. The van der Waals surface area contributed by atoms with Gasteiger partial charge in [-0.3, -0.25) is 0 Å². The molecule has 6 nitrogen and oxygen atoms in total. The molecule has 0 saturated heterocycles. The van der Waals surface area contributed by atoms with Crippen molar-refractivity contribution in [1.82, 2.24) is 24.1 Å². The summed E-state index contributed by atoms with van der Waals surface area (Å²) in [6.45, 7) is 0. The zero-order valence-electron chi connectivity index (χ0n) is 47.3. The Morgan fingerprint density at radius 3 is 1.41 bits per heavy atom. The van der Waals surface area contributed by atoms with Gasteiger partial charge in [-0.15, -0.1) is 0 Å². The topological polar surface area (TPSA) is 61.7 Å². The molecule has 0 fully saturated rings. The van der Waals surface area contributed by atoms with Crippen LogP contribution >= 0.6 is 0 Å². The quantitative estimate of drug-likeness (QED) is 0.137. The van der Waals surface area contributed by atoms with Crippen molar-refractivity contribution in [2.75, 3.05) is 0 Å². The predicted molar refractivity (Wildman–Crippen MR) is 360 cm³/mol. The average molecular weight is 1110 g/mol. The highest BCUT2D eigenvalue weighted by Crippen LogP contribution is 2.48. The van der Waals surface area contributed by atoms with Crippen LogP contribution in [0.15, 0.2) is 302 Å². The Balaban J connectivity index is 0.929. The first-order valence-corrected chi connectivity index (χ1v) is 29.8. The lowest BCUT2D eigenvalue weighted by molar-refractivity contribution is 0.675. The van der Waals surface area contributed by atoms with Crippen LogP contribution in [-0.2, 0) is 0 Å². The highest BCUT2D eigenvalue weighted by Gasteiger charge is 2.27. The number of rotatable bonds is 10. The van der Waals surface area contributed by atoms with Crippen molar-refractivity contribution in [3.8, 4) is 90.0 Å². The molecule has 6 heteroatoms. The second kappa shape index (κ2) is 20.7. The van der Waals surface area contributed by atoms with E-state index in [4.69, 9.17) is 19.4 Å². The van der Waals surface area contributed by atoms with Gasteiger partial charge in [-0.1, -0.05) is 224 Å². The summed E-state index contributed by atoms with van der Waals surface area (Å²) in [5.41, 5.74) is 21.8. The van der Waals surface area contributed by atoms with E-state index in [-0.39, 0.29) is 0 Å². The Morgan fingerprint density at radius 1 is 0.310 bits per heavy atom. The lowest BCUT2D eigenvalue weighted by atomic mass is 9.90. The molecule has 0 bridgehead atoms. The molecule has 0 unspecified atom stereocenters. The molecule has 12 aromatic carbocycles. The summed E-state index contributed by atoms with van der Waals surface area (Å²) in [4.78, 5) is 16.5. The van der Waals surface area contributed by atoms with Crippen molar-refractivity contribution in [2.24, 2.45) is 0 Å². The van der Waals surface area contributed by atoms with Gasteiger partial charge in [-0.25, -0.2) is 15.0 Å². The number of fused-ring (bicyclic) bond motifs is 11. The molecule has 408 valence electrons. The molecule has 17 rings (SSSR count). The Hall–Kier alpha value is -11.5. The minimum Gasteiger partial charge on any atom is -0.453 e. The molecule has 1 aliphatic rings. The van der Waals surface area contributed by atoms with Crippen LogP contribution in [0.5, 0.6) is 0 Å². The summed E-state index contributed by atoms with van der Waals surface area (Å²) in [5, 5.41) is 6.67. The van der Waals surface area contributed by atoms with Crippen LogP contribution in [0.25, 0.3) is 161 Å². The van der Waals surface area contributed by atoms with E-state index in [1.807, 2.05) is 0 Å². The van der Waals surface area contributed by atoms with E-state index >= 15 is 0 Å². The summed E-state index contributed by atoms with van der Waals surface area (Å²) < 4.78 is 12.3. The average Bonchev–Trinajstić information content (AvgIpc) is 1.91. The summed E-state index contributed by atoms with van der Waals surface area (Å²) in [7, 11) is 0. The number of aromatic nitrogens is 5. The van der Waals surface area contributed by atoms with Gasteiger partial charge < -0.3 is 13.6 Å². The van der Waals surface area contributed by atoms with Gasteiger partial charge in [0.15, 0.2) is 23.1 Å². The van der Waals surface area contributed by atoms with E-state index in [2.05, 4.69) is 306 Å². The van der Waals surface area contributed by atoms with E-state index in [1.54, 1.807) is 0 Å². The molecule has 16 aromatic rings. The number of furan rings is 1. The lowest BCUT2D eigenvalue weighted by Crippen LogP contribution is -2.06. The van der Waals surface area contributed by atoms with Crippen molar-refractivity contribution in [2.45, 2.75) is 12.8 Å². The maximum atomic E-state index is 7.48. The fourth-order valence-electron chi connectivity index (χ4n) is 13.3. The molecule has 1 aliphatic carbocycles. The third kappa shape index (κ3) is 8.52. The highest BCUT2D eigenvalue weighted by molar-refractivity contribution is 6.28. The van der Waals surface area contributed by atoms with E-state index in [0.717, 1.165) is 157 Å². The van der Waals surface area contributed by atoms with Crippen molar-refractivity contribution in [3.05, 3.63) is 303 Å². The van der Waals surface area contributed by atoms with Gasteiger partial charge >= 0.3 is 0 Å². The lowest BCUT2D eigenvalue weighted by Gasteiger charge is -2.22. The molecular weight excluding hydrogens is 1060 g/mol. The first-order valence-electron chi connectivity index (χ1n) is 29.8. The van der Waals surface area contributed by atoms with Crippen LogP contribution < -0.4 is 0 Å². The standard InChI is InChI=1S/C81H53N5O/c1-7-23-52(24-8-1)55-39-41-58(42-40-55)79-82-80(61-48-59(53-25-9-2-10-26-53)47-60(49-61)54-27-11-3-12-28-54)84-81(83-79)62-50-69(56-29-13-4-14-30-56)75(70(51-62)57-31-15-5-16-32-57)86-72-38-22-20-36-68(72)74-73(86)46-45-66-67-44-43-65-64-35-19-21-37-71(64)85(63-33-17-6-18-34-63)76(65)78(67)87-77(66)74/h1-4,6-15,17-51H,5,16H2. The largest absolute Gasteiger partial charge is 0.453 e. The van der Waals surface area contributed by atoms with Crippen molar-refractivity contribution >= 4 is 71.1 Å². The van der Waals surface area contributed by atoms with Crippen LogP contribution in [0.3, 0.4) is 0 Å². The molecule has 0 radical (unpaired) electrons. The Labute approximate surface area is 502 Å². The van der Waals surface area contributed by atoms with E-state index in [9.17, 15) is 0 Å². The third-order valence-electron chi connectivity index (χ3n) is 17.4. The number of allylic oxidation sites excluding steroid dienone is 4. The molecule has 4 heterocycles. The number of hydrogen-bond donors (Lipinski definition) is 0. The monoisotopic (exact) mass is 1110 g/mol. The zero-order valence-corrected chi connectivity index (χ0v) is 47.3. The third-order valence-corrected chi connectivity index (χ3v) is 17.4. The predicted octanol–water partition coefficient (Wildman–Crippen LogP) is 21.4. The van der Waals surface area contributed by atoms with Gasteiger partial charge in [0.1, 0.15) is 5.58 Å². The first kappa shape index (κ1) is 50.1. The number of hydrogen-bond acceptors (Lipinski definition) is 4. The SMILES string of the molecule is C1=CC(c2cc(-c3nc(-c4ccc(-c5ccccc5)cc4)nc(-c4cc(-c5ccccc5)cc(-c5ccccc5)c4)n3)cc(-c3ccccc3)c2-n2c3ccccc3c3c4oc5c(ccc6c7ccccc7n(-c7ccccc7)c65)c4ccc32)=CCC1. The smallest absolute Gasteiger partial charge is 0.164 e. The van der Waals surface area contributed by atoms with Crippen LogP contribution in [-0.4, -0.2) is 24.1 Å². The van der Waals surface area contributed by atoms with Crippen LogP contribution in [0.4, 0.5) is 0 Å². The van der Waals surface area contributed by atoms with E-state index in [0.29, 0.717) is 17.5 Å². The van der Waals surface area contributed by atoms with Gasteiger partial charge in [0.25, 0.3) is 0 Å². The molecular formula is C81H53N5O. The van der Waals surface area contributed by atoms with Crippen LogP contribution in [0.2, 0.25) is 0 Å². The molecule has 0 atom stereocenters. The Bertz CT molecular complexity index is 5350. The normalized spacial score (nSPS) is 12.5. The van der Waals surface area contributed by atoms with Crippen molar-refractivity contribution in [3.63, 3.8) is 0 Å². The number of para-hydroxylation sites is 3. The summed E-state index contributed by atoms with van der Waals surface area (Å²) in [6.07, 6.45) is 8.87. The second-order valence-corrected chi connectivity index (χ2v) is 22.5. The summed E-state index contributed by atoms with van der Waals surface area (Å²) in [6, 6.07) is 99.6.